The lowest BCUT2D eigenvalue weighted by molar-refractivity contribution is -0.385. The molecule has 2 rings (SSSR count). The molecule has 2 aromatic rings. The first kappa shape index (κ1) is 17.0. The van der Waals surface area contributed by atoms with Gasteiger partial charge in [-0.25, -0.2) is 0 Å². The Balaban J connectivity index is 1.90. The van der Waals surface area contributed by atoms with Crippen LogP contribution in [0.25, 0.3) is 0 Å². The van der Waals surface area contributed by atoms with Gasteiger partial charge in [0.2, 0.25) is 0 Å². The molecule has 2 N–H and O–H groups in total. The van der Waals surface area contributed by atoms with E-state index in [0.29, 0.717) is 24.0 Å². The molecule has 122 valence electrons. The van der Waals surface area contributed by atoms with Gasteiger partial charge in [0.05, 0.1) is 4.92 Å². The zero-order chi connectivity index (χ0) is 16.7. The summed E-state index contributed by atoms with van der Waals surface area (Å²) < 4.78 is 0. The fourth-order valence-corrected chi connectivity index (χ4v) is 2.94. The molecule has 6 nitrogen and oxygen atoms in total. The van der Waals surface area contributed by atoms with Gasteiger partial charge in [-0.1, -0.05) is 25.1 Å². The molecular formula is C16H20N4O2S. The van der Waals surface area contributed by atoms with E-state index in [-0.39, 0.29) is 10.6 Å². The van der Waals surface area contributed by atoms with Crippen molar-refractivity contribution in [1.82, 2.24) is 10.6 Å². The number of thiophene rings is 1. The molecule has 0 amide bonds. The lowest BCUT2D eigenvalue weighted by Gasteiger charge is -2.15. The number of hydrogen-bond acceptors (Lipinski definition) is 4. The largest absolute Gasteiger partial charge is 0.356 e. The van der Waals surface area contributed by atoms with Crippen molar-refractivity contribution in [2.45, 2.75) is 19.4 Å². The molecule has 0 aliphatic carbocycles. The number of hydrogen-bond donors (Lipinski definition) is 2. The van der Waals surface area contributed by atoms with Crippen molar-refractivity contribution >= 4 is 23.0 Å². The topological polar surface area (TPSA) is 79.6 Å². The number of nitro groups is 1. The number of aliphatic imine (C=N–C) groups is 1. The average Bonchev–Trinajstić information content (AvgIpc) is 3.09. The third-order valence-corrected chi connectivity index (χ3v) is 4.25. The van der Waals surface area contributed by atoms with Crippen LogP contribution in [-0.4, -0.2) is 24.5 Å². The number of benzene rings is 1. The summed E-state index contributed by atoms with van der Waals surface area (Å²) in [7, 11) is 1.68. The van der Waals surface area contributed by atoms with Crippen molar-refractivity contribution in [3.8, 4) is 0 Å². The summed E-state index contributed by atoms with van der Waals surface area (Å²) in [5.74, 6) is 0.996. The van der Waals surface area contributed by atoms with Gasteiger partial charge >= 0.3 is 0 Å². The van der Waals surface area contributed by atoms with Crippen LogP contribution in [-0.2, 0) is 6.54 Å². The molecule has 0 aliphatic rings. The van der Waals surface area contributed by atoms with Gasteiger partial charge in [0.1, 0.15) is 0 Å². The maximum atomic E-state index is 11.0. The quantitative estimate of drug-likeness (QED) is 0.369. The summed E-state index contributed by atoms with van der Waals surface area (Å²) in [6.07, 6.45) is 0. The number of nitrogens with one attached hydrogen (secondary N) is 2. The van der Waals surface area contributed by atoms with Crippen LogP contribution >= 0.6 is 11.3 Å². The molecule has 1 aromatic heterocycles. The van der Waals surface area contributed by atoms with Crippen LogP contribution in [0.5, 0.6) is 0 Å². The second-order valence-electron chi connectivity index (χ2n) is 5.15. The van der Waals surface area contributed by atoms with Crippen molar-refractivity contribution in [2.24, 2.45) is 4.99 Å². The normalized spacial score (nSPS) is 12.7. The summed E-state index contributed by atoms with van der Waals surface area (Å²) in [6.45, 7) is 3.24. The lowest BCUT2D eigenvalue weighted by atomic mass is 10.1. The second-order valence-corrected chi connectivity index (χ2v) is 5.93. The molecule has 1 heterocycles. The minimum absolute atomic E-state index is 0.113. The minimum atomic E-state index is -0.369. The smallest absolute Gasteiger partial charge is 0.274 e. The van der Waals surface area contributed by atoms with E-state index in [1.165, 1.54) is 11.6 Å². The van der Waals surface area contributed by atoms with Crippen molar-refractivity contribution in [3.63, 3.8) is 0 Å². The summed E-state index contributed by atoms with van der Waals surface area (Å²) in [5.41, 5.74) is 2.03. The van der Waals surface area contributed by atoms with E-state index >= 15 is 0 Å². The van der Waals surface area contributed by atoms with E-state index < -0.39 is 0 Å². The molecule has 0 spiro atoms. The predicted molar refractivity (Wildman–Crippen MR) is 94.0 cm³/mol. The Morgan fingerprint density at radius 1 is 1.35 bits per heavy atom. The van der Waals surface area contributed by atoms with E-state index in [2.05, 4.69) is 39.4 Å². The highest BCUT2D eigenvalue weighted by molar-refractivity contribution is 7.07. The fourth-order valence-electron chi connectivity index (χ4n) is 2.16. The molecule has 1 atom stereocenters. The molecule has 1 aromatic carbocycles. The van der Waals surface area contributed by atoms with Crippen LogP contribution < -0.4 is 10.6 Å². The van der Waals surface area contributed by atoms with Crippen LogP contribution in [0.2, 0.25) is 0 Å². The first-order valence-electron chi connectivity index (χ1n) is 7.30. The van der Waals surface area contributed by atoms with Gasteiger partial charge in [0.25, 0.3) is 5.69 Å². The Labute approximate surface area is 139 Å². The maximum Gasteiger partial charge on any atom is 0.274 e. The molecule has 0 saturated heterocycles. The predicted octanol–water partition coefficient (Wildman–Crippen LogP) is 3.13. The molecule has 0 radical (unpaired) electrons. The number of guanidine groups is 1. The summed E-state index contributed by atoms with van der Waals surface area (Å²) >= 11 is 1.68. The first-order valence-corrected chi connectivity index (χ1v) is 8.25. The van der Waals surface area contributed by atoms with Gasteiger partial charge in [-0.3, -0.25) is 15.1 Å². The van der Waals surface area contributed by atoms with E-state index in [0.717, 1.165) is 6.54 Å². The van der Waals surface area contributed by atoms with Crippen LogP contribution in [0.4, 0.5) is 5.69 Å². The molecule has 0 bridgehead atoms. The highest BCUT2D eigenvalue weighted by Crippen LogP contribution is 2.18. The fraction of sp³-hybridized carbons (Fsp3) is 0.312. The highest BCUT2D eigenvalue weighted by atomic mass is 32.1. The SMILES string of the molecule is CN=C(NCc1ccccc1[N+](=O)[O-])NCC(C)c1ccsc1. The molecule has 23 heavy (non-hydrogen) atoms. The van der Waals surface area contributed by atoms with Crippen molar-refractivity contribution in [1.29, 1.82) is 0 Å². The summed E-state index contributed by atoms with van der Waals surface area (Å²) in [6, 6.07) is 8.81. The van der Waals surface area contributed by atoms with Gasteiger partial charge in [-0.2, -0.15) is 11.3 Å². The number of nitro benzene ring substituents is 1. The van der Waals surface area contributed by atoms with Crippen LogP contribution in [0.3, 0.4) is 0 Å². The Bertz CT molecular complexity index is 670. The van der Waals surface area contributed by atoms with Crippen molar-refractivity contribution in [3.05, 3.63) is 62.3 Å². The van der Waals surface area contributed by atoms with Crippen LogP contribution in [0, 0.1) is 10.1 Å². The van der Waals surface area contributed by atoms with Crippen molar-refractivity contribution < 1.29 is 4.92 Å². The maximum absolute atomic E-state index is 11.0. The standard InChI is InChI=1S/C16H20N4O2S/c1-12(14-7-8-23-11-14)9-18-16(17-2)19-10-13-5-3-4-6-15(13)20(21)22/h3-8,11-12H,9-10H2,1-2H3,(H2,17,18,19). The van der Waals surface area contributed by atoms with Gasteiger partial charge in [0, 0.05) is 31.8 Å². The minimum Gasteiger partial charge on any atom is -0.356 e. The van der Waals surface area contributed by atoms with Gasteiger partial charge in [0.15, 0.2) is 5.96 Å². The van der Waals surface area contributed by atoms with Gasteiger partial charge < -0.3 is 10.6 Å². The number of para-hydroxylation sites is 1. The van der Waals surface area contributed by atoms with E-state index in [1.54, 1.807) is 36.6 Å². The Morgan fingerprint density at radius 3 is 2.78 bits per heavy atom. The summed E-state index contributed by atoms with van der Waals surface area (Å²) in [4.78, 5) is 14.8. The highest BCUT2D eigenvalue weighted by Gasteiger charge is 2.12. The molecule has 0 fully saturated rings. The van der Waals surface area contributed by atoms with Crippen LogP contribution in [0.15, 0.2) is 46.1 Å². The third-order valence-electron chi connectivity index (χ3n) is 3.55. The zero-order valence-corrected chi connectivity index (χ0v) is 14.0. The molecule has 7 heteroatoms. The van der Waals surface area contributed by atoms with E-state index in [1.807, 2.05) is 0 Å². The Morgan fingerprint density at radius 2 is 2.13 bits per heavy atom. The molecule has 1 unspecified atom stereocenters. The van der Waals surface area contributed by atoms with Crippen LogP contribution in [0.1, 0.15) is 24.0 Å². The zero-order valence-electron chi connectivity index (χ0n) is 13.2. The second kappa shape index (κ2) is 8.28. The molecular weight excluding hydrogens is 312 g/mol. The Hall–Kier alpha value is -2.41. The van der Waals surface area contributed by atoms with Gasteiger partial charge in [-0.05, 0) is 28.3 Å². The summed E-state index contributed by atoms with van der Waals surface area (Å²) in [5, 5.41) is 21.6. The monoisotopic (exact) mass is 332 g/mol. The number of nitrogens with zero attached hydrogens (tertiary/aromatic N) is 2. The van der Waals surface area contributed by atoms with E-state index in [9.17, 15) is 10.1 Å². The average molecular weight is 332 g/mol. The third kappa shape index (κ3) is 4.79. The lowest BCUT2D eigenvalue weighted by Crippen LogP contribution is -2.38. The van der Waals surface area contributed by atoms with E-state index in [4.69, 9.17) is 0 Å². The Kier molecular flexibility index (Phi) is 6.10. The first-order chi connectivity index (χ1) is 11.1. The molecule has 0 saturated carbocycles. The van der Waals surface area contributed by atoms with Crippen molar-refractivity contribution in [2.75, 3.05) is 13.6 Å². The molecule has 0 aliphatic heterocycles. The number of rotatable bonds is 6. The van der Waals surface area contributed by atoms with Gasteiger partial charge in [-0.15, -0.1) is 0 Å².